The number of hydrogen-bond acceptors (Lipinski definition) is 2. The third-order valence-corrected chi connectivity index (χ3v) is 5.48. The number of benzene rings is 2. The largest absolute Gasteiger partial charge is 0.496 e. The molecule has 0 spiro atoms. The molecule has 4 rings (SSSR count). The molecule has 2 aromatic heterocycles. The Balaban J connectivity index is 2.09. The average molecular weight is 403 g/mol. The Bertz CT molecular complexity index is 1290. The second-order valence-corrected chi connectivity index (χ2v) is 7.85. The molecule has 0 aliphatic rings. The molecule has 0 aliphatic heterocycles. The van der Waals surface area contributed by atoms with E-state index in [-0.39, 0.29) is 0 Å². The van der Waals surface area contributed by atoms with Gasteiger partial charge < -0.3 is 9.72 Å². The molecule has 0 saturated carbocycles. The van der Waals surface area contributed by atoms with E-state index < -0.39 is 0 Å². The zero-order valence-electron chi connectivity index (χ0n) is 17.1. The first-order valence-corrected chi connectivity index (χ1v) is 9.87. The molecule has 2 heterocycles. The highest BCUT2D eigenvalue weighted by atomic mass is 35.5. The lowest BCUT2D eigenvalue weighted by Crippen LogP contribution is -1.95. The lowest BCUT2D eigenvalue weighted by atomic mass is 9.93. The minimum Gasteiger partial charge on any atom is -0.496 e. The molecule has 3 nitrogen and oxygen atoms in total. The summed E-state index contributed by atoms with van der Waals surface area (Å²) in [7, 11) is 1.70. The fourth-order valence-corrected chi connectivity index (χ4v) is 4.25. The van der Waals surface area contributed by atoms with Crippen molar-refractivity contribution in [3.8, 4) is 17.0 Å². The van der Waals surface area contributed by atoms with Gasteiger partial charge in [0.05, 0.1) is 18.3 Å². The molecule has 0 bridgehead atoms. The normalized spacial score (nSPS) is 11.1. The fourth-order valence-electron chi connectivity index (χ4n) is 4.02. The lowest BCUT2D eigenvalue weighted by Gasteiger charge is -2.15. The summed E-state index contributed by atoms with van der Waals surface area (Å²) < 4.78 is 5.79. The van der Waals surface area contributed by atoms with E-state index in [0.717, 1.165) is 55.5 Å². The minimum absolute atomic E-state index is 0.680. The first-order chi connectivity index (χ1) is 13.9. The number of hydrogen-bond donors (Lipinski definition) is 1. The predicted molar refractivity (Wildman–Crippen MR) is 124 cm³/mol. The van der Waals surface area contributed by atoms with Crippen molar-refractivity contribution < 1.29 is 4.74 Å². The SMILES string of the molecule is C=C(C)C(=C(C)C)c1cc2[nH]c3ccnc(-c4ccccc4Cl)c3c2cc1OC. The average Bonchev–Trinajstić information content (AvgIpc) is 3.04. The number of aromatic amines is 1. The highest BCUT2D eigenvalue weighted by Crippen LogP contribution is 2.41. The number of rotatable bonds is 4. The Morgan fingerprint density at radius 3 is 2.48 bits per heavy atom. The maximum atomic E-state index is 6.48. The van der Waals surface area contributed by atoms with E-state index in [0.29, 0.717) is 5.02 Å². The number of H-pyrrole nitrogens is 1. The van der Waals surface area contributed by atoms with Crippen molar-refractivity contribution in [1.29, 1.82) is 0 Å². The standard InChI is InChI=1S/C25H23ClN2O/c1-14(2)23(15(3)4)18-12-21-17(13-22(18)29-5)24-20(28-21)10-11-27-25(24)16-8-6-7-9-19(16)26/h6-13,28H,1H2,2-5H3. The van der Waals surface area contributed by atoms with Crippen LogP contribution in [-0.4, -0.2) is 17.1 Å². The van der Waals surface area contributed by atoms with Gasteiger partial charge in [-0.3, -0.25) is 4.98 Å². The van der Waals surface area contributed by atoms with Crippen LogP contribution in [0.4, 0.5) is 0 Å². The number of fused-ring (bicyclic) bond motifs is 3. The second-order valence-electron chi connectivity index (χ2n) is 7.44. The van der Waals surface area contributed by atoms with Gasteiger partial charge in [0.15, 0.2) is 0 Å². The molecule has 0 amide bonds. The van der Waals surface area contributed by atoms with Gasteiger partial charge in [-0.25, -0.2) is 0 Å². The molecule has 0 radical (unpaired) electrons. The Morgan fingerprint density at radius 2 is 1.83 bits per heavy atom. The Kier molecular flexibility index (Phi) is 4.93. The smallest absolute Gasteiger partial charge is 0.127 e. The van der Waals surface area contributed by atoms with Gasteiger partial charge in [0.1, 0.15) is 5.75 Å². The molecule has 29 heavy (non-hydrogen) atoms. The van der Waals surface area contributed by atoms with Gasteiger partial charge >= 0.3 is 0 Å². The highest BCUT2D eigenvalue weighted by Gasteiger charge is 2.18. The van der Waals surface area contributed by atoms with Crippen LogP contribution in [0.3, 0.4) is 0 Å². The van der Waals surface area contributed by atoms with E-state index in [1.54, 1.807) is 7.11 Å². The second kappa shape index (κ2) is 7.41. The van der Waals surface area contributed by atoms with Crippen LogP contribution in [0.15, 0.2) is 66.4 Å². The summed E-state index contributed by atoms with van der Waals surface area (Å²) in [5.41, 5.74) is 8.17. The molecule has 0 fully saturated rings. The molecule has 0 atom stereocenters. The molecule has 146 valence electrons. The first kappa shape index (κ1) is 19.3. The number of allylic oxidation sites excluding steroid dienone is 3. The van der Waals surface area contributed by atoms with Crippen LogP contribution in [0, 0.1) is 0 Å². The molecule has 0 saturated heterocycles. The van der Waals surface area contributed by atoms with E-state index in [2.05, 4.69) is 42.5 Å². The van der Waals surface area contributed by atoms with Gasteiger partial charge in [0.2, 0.25) is 0 Å². The predicted octanol–water partition coefficient (Wildman–Crippen LogP) is 7.41. The quantitative estimate of drug-likeness (QED) is 0.361. The maximum Gasteiger partial charge on any atom is 0.127 e. The molecule has 2 aromatic carbocycles. The Hall–Kier alpha value is -3.04. The first-order valence-electron chi connectivity index (χ1n) is 9.49. The number of ether oxygens (including phenoxy) is 1. The molecule has 4 aromatic rings. The fraction of sp³-hybridized carbons (Fsp3) is 0.160. The zero-order valence-corrected chi connectivity index (χ0v) is 17.8. The topological polar surface area (TPSA) is 37.9 Å². The maximum absolute atomic E-state index is 6.48. The Morgan fingerprint density at radius 1 is 1.07 bits per heavy atom. The third kappa shape index (κ3) is 3.22. The summed E-state index contributed by atoms with van der Waals surface area (Å²) in [5.74, 6) is 0.812. The summed E-state index contributed by atoms with van der Waals surface area (Å²) >= 11 is 6.48. The molecular formula is C25H23ClN2O. The van der Waals surface area contributed by atoms with Crippen molar-refractivity contribution in [2.24, 2.45) is 0 Å². The molecule has 0 aliphatic carbocycles. The van der Waals surface area contributed by atoms with E-state index in [9.17, 15) is 0 Å². The number of nitrogens with one attached hydrogen (secondary N) is 1. The van der Waals surface area contributed by atoms with Crippen LogP contribution in [0.2, 0.25) is 5.02 Å². The van der Waals surface area contributed by atoms with Crippen LogP contribution in [-0.2, 0) is 0 Å². The van der Waals surface area contributed by atoms with Gasteiger partial charge in [0, 0.05) is 38.6 Å². The third-order valence-electron chi connectivity index (χ3n) is 5.15. The van der Waals surface area contributed by atoms with Gasteiger partial charge in [-0.1, -0.05) is 47.5 Å². The summed E-state index contributed by atoms with van der Waals surface area (Å²) in [6.45, 7) is 10.4. The number of nitrogens with zero attached hydrogens (tertiary/aromatic N) is 1. The van der Waals surface area contributed by atoms with Crippen LogP contribution in [0.1, 0.15) is 26.3 Å². The highest BCUT2D eigenvalue weighted by molar-refractivity contribution is 6.34. The minimum atomic E-state index is 0.680. The van der Waals surface area contributed by atoms with Crippen LogP contribution >= 0.6 is 11.6 Å². The molecule has 4 heteroatoms. The molecular weight excluding hydrogens is 380 g/mol. The van der Waals surface area contributed by atoms with Crippen molar-refractivity contribution in [2.45, 2.75) is 20.8 Å². The van der Waals surface area contributed by atoms with Crippen molar-refractivity contribution >= 4 is 39.0 Å². The lowest BCUT2D eigenvalue weighted by molar-refractivity contribution is 0.414. The summed E-state index contributed by atoms with van der Waals surface area (Å²) in [6, 6.07) is 14.0. The van der Waals surface area contributed by atoms with E-state index in [4.69, 9.17) is 16.3 Å². The summed E-state index contributed by atoms with van der Waals surface area (Å²) in [4.78, 5) is 8.20. The van der Waals surface area contributed by atoms with Gasteiger partial charge in [0.25, 0.3) is 0 Å². The van der Waals surface area contributed by atoms with Crippen molar-refractivity contribution in [1.82, 2.24) is 9.97 Å². The molecule has 1 N–H and O–H groups in total. The van der Waals surface area contributed by atoms with Crippen LogP contribution in [0.5, 0.6) is 5.75 Å². The number of methoxy groups -OCH3 is 1. The number of pyridine rings is 1. The number of aromatic nitrogens is 2. The van der Waals surface area contributed by atoms with E-state index in [1.807, 2.05) is 43.5 Å². The van der Waals surface area contributed by atoms with E-state index in [1.165, 1.54) is 5.57 Å². The summed E-state index contributed by atoms with van der Waals surface area (Å²) in [5, 5.41) is 2.77. The van der Waals surface area contributed by atoms with E-state index >= 15 is 0 Å². The monoisotopic (exact) mass is 402 g/mol. The van der Waals surface area contributed by atoms with Crippen molar-refractivity contribution in [2.75, 3.05) is 7.11 Å². The zero-order chi connectivity index (χ0) is 20.7. The van der Waals surface area contributed by atoms with Gasteiger partial charge in [-0.05, 0) is 50.6 Å². The van der Waals surface area contributed by atoms with Crippen molar-refractivity contribution in [3.63, 3.8) is 0 Å². The number of halogens is 1. The molecule has 0 unspecified atom stereocenters. The van der Waals surface area contributed by atoms with Crippen LogP contribution < -0.4 is 4.74 Å². The summed E-state index contributed by atoms with van der Waals surface area (Å²) in [6.07, 6.45) is 1.81. The van der Waals surface area contributed by atoms with Crippen LogP contribution in [0.25, 0.3) is 38.6 Å². The Labute approximate surface area is 175 Å². The van der Waals surface area contributed by atoms with Gasteiger partial charge in [-0.2, -0.15) is 0 Å². The van der Waals surface area contributed by atoms with Crippen molar-refractivity contribution in [3.05, 3.63) is 77.0 Å². The van der Waals surface area contributed by atoms with Gasteiger partial charge in [-0.15, -0.1) is 0 Å².